The van der Waals surface area contributed by atoms with Gasteiger partial charge in [0.1, 0.15) is 0 Å². The van der Waals surface area contributed by atoms with Crippen LogP contribution in [0.4, 0.5) is 19.1 Å². The standard InChI is InChI=1S/C14H22N4O3S.C2HF3O2/c1-17(2)14-15-6-10-9-22(19,20)12-8-18(4-5-21-3)7-11(12)13(10)16-14;3-2(4,5)1(6)7/h6,11-12H,4-5,7-9H2,1-3H3;(H,6,7)/t11-,12+;/m0./s1. The molecule has 1 fully saturated rings. The number of nitrogens with zero attached hydrogens (tertiary/aromatic N) is 4. The monoisotopic (exact) mass is 440 g/mol. The smallest absolute Gasteiger partial charge is 0.475 e. The zero-order chi connectivity index (χ0) is 22.0. The number of likely N-dealkylation sites (tertiary alicyclic amines) is 1. The number of alkyl halides is 3. The predicted molar refractivity (Wildman–Crippen MR) is 97.5 cm³/mol. The van der Waals surface area contributed by atoms with E-state index in [1.165, 1.54) is 0 Å². The van der Waals surface area contributed by atoms with Crippen molar-refractivity contribution >= 4 is 21.8 Å². The van der Waals surface area contributed by atoms with Gasteiger partial charge < -0.3 is 14.7 Å². The zero-order valence-electron chi connectivity index (χ0n) is 16.2. The van der Waals surface area contributed by atoms with Crippen LogP contribution in [0.2, 0.25) is 0 Å². The summed E-state index contributed by atoms with van der Waals surface area (Å²) >= 11 is 0. The molecule has 1 aromatic rings. The van der Waals surface area contributed by atoms with Crippen molar-refractivity contribution in [1.82, 2.24) is 14.9 Å². The number of rotatable bonds is 4. The zero-order valence-corrected chi connectivity index (χ0v) is 17.0. The van der Waals surface area contributed by atoms with Crippen LogP contribution in [0, 0.1) is 0 Å². The summed E-state index contributed by atoms with van der Waals surface area (Å²) in [5, 5.41) is 6.77. The van der Waals surface area contributed by atoms with Gasteiger partial charge >= 0.3 is 12.1 Å². The summed E-state index contributed by atoms with van der Waals surface area (Å²) in [6, 6.07) is 0. The quantitative estimate of drug-likeness (QED) is 0.716. The number of carbonyl (C=O) groups is 1. The highest BCUT2D eigenvalue weighted by atomic mass is 32.2. The lowest BCUT2D eigenvalue weighted by Crippen LogP contribution is -2.35. The average Bonchev–Trinajstić information content (AvgIpc) is 3.04. The number of anilines is 1. The van der Waals surface area contributed by atoms with Gasteiger partial charge in [0.15, 0.2) is 9.84 Å². The number of aromatic nitrogens is 2. The van der Waals surface area contributed by atoms with E-state index >= 15 is 0 Å². The Bertz CT molecular complexity index is 847. The van der Waals surface area contributed by atoms with Crippen LogP contribution < -0.4 is 4.90 Å². The number of halogens is 3. The van der Waals surface area contributed by atoms with E-state index < -0.39 is 22.0 Å². The predicted octanol–water partition coefficient (Wildman–Crippen LogP) is 0.519. The Morgan fingerprint density at radius 1 is 1.38 bits per heavy atom. The van der Waals surface area contributed by atoms with Crippen LogP contribution in [0.3, 0.4) is 0 Å². The van der Waals surface area contributed by atoms with Crippen LogP contribution in [-0.2, 0) is 25.1 Å². The Kier molecular flexibility index (Phi) is 7.06. The summed E-state index contributed by atoms with van der Waals surface area (Å²) in [7, 11) is 2.29. The fraction of sp³-hybridized carbons (Fsp3) is 0.688. The van der Waals surface area contributed by atoms with Crippen LogP contribution in [0.15, 0.2) is 6.20 Å². The van der Waals surface area contributed by atoms with E-state index in [9.17, 15) is 21.6 Å². The molecule has 0 saturated carbocycles. The molecule has 2 aliphatic heterocycles. The third kappa shape index (κ3) is 5.54. The molecule has 0 amide bonds. The molecular formula is C16H23F3N4O5S. The number of fused-ring (bicyclic) bond motifs is 3. The van der Waals surface area contributed by atoms with Crippen LogP contribution >= 0.6 is 0 Å². The highest BCUT2D eigenvalue weighted by Gasteiger charge is 2.47. The Balaban J connectivity index is 0.000000370. The Morgan fingerprint density at radius 3 is 2.52 bits per heavy atom. The van der Waals surface area contributed by atoms with E-state index in [4.69, 9.17) is 14.6 Å². The summed E-state index contributed by atoms with van der Waals surface area (Å²) < 4.78 is 61.9. The molecular weight excluding hydrogens is 417 g/mol. The van der Waals surface area contributed by atoms with E-state index in [2.05, 4.69) is 14.9 Å². The van der Waals surface area contributed by atoms with Gasteiger partial charge in [-0.05, 0) is 0 Å². The van der Waals surface area contributed by atoms with Gasteiger partial charge in [0.25, 0.3) is 0 Å². The Hall–Kier alpha value is -1.99. The highest BCUT2D eigenvalue weighted by molar-refractivity contribution is 7.91. The van der Waals surface area contributed by atoms with E-state index in [-0.39, 0.29) is 16.9 Å². The van der Waals surface area contributed by atoms with Gasteiger partial charge in [0, 0.05) is 58.5 Å². The molecule has 1 saturated heterocycles. The van der Waals surface area contributed by atoms with Gasteiger partial charge in [0.2, 0.25) is 5.95 Å². The number of aliphatic carboxylic acids is 1. The molecule has 2 aliphatic rings. The van der Waals surface area contributed by atoms with Crippen molar-refractivity contribution in [3.05, 3.63) is 17.5 Å². The lowest BCUT2D eigenvalue weighted by Gasteiger charge is -2.27. The van der Waals surface area contributed by atoms with Crippen molar-refractivity contribution in [1.29, 1.82) is 0 Å². The van der Waals surface area contributed by atoms with Crippen molar-refractivity contribution in [2.24, 2.45) is 0 Å². The van der Waals surface area contributed by atoms with Crippen LogP contribution in [0.25, 0.3) is 0 Å². The number of sulfone groups is 1. The number of hydrogen-bond acceptors (Lipinski definition) is 8. The van der Waals surface area contributed by atoms with Gasteiger partial charge in [-0.25, -0.2) is 23.2 Å². The molecule has 0 aliphatic carbocycles. The molecule has 13 heteroatoms. The van der Waals surface area contributed by atoms with Crippen molar-refractivity contribution in [2.45, 2.75) is 23.1 Å². The number of carboxylic acids is 1. The third-order valence-corrected chi connectivity index (χ3v) is 6.76. The molecule has 9 nitrogen and oxygen atoms in total. The Morgan fingerprint density at radius 2 is 2.00 bits per heavy atom. The molecule has 164 valence electrons. The fourth-order valence-corrected chi connectivity index (χ4v) is 5.29. The molecule has 2 atom stereocenters. The molecule has 0 aromatic carbocycles. The first kappa shape index (κ1) is 23.3. The van der Waals surface area contributed by atoms with Gasteiger partial charge in [-0.1, -0.05) is 0 Å². The average molecular weight is 440 g/mol. The van der Waals surface area contributed by atoms with Crippen LogP contribution in [-0.4, -0.2) is 93.2 Å². The summed E-state index contributed by atoms with van der Waals surface area (Å²) in [4.78, 5) is 21.8. The molecule has 3 rings (SSSR count). The van der Waals surface area contributed by atoms with E-state index in [0.717, 1.165) is 17.8 Å². The Labute approximate surface area is 166 Å². The second-order valence-corrected chi connectivity index (χ2v) is 9.20. The lowest BCUT2D eigenvalue weighted by atomic mass is 10.00. The van der Waals surface area contributed by atoms with Gasteiger partial charge in [0.05, 0.1) is 23.3 Å². The maximum Gasteiger partial charge on any atom is 0.490 e. The SMILES string of the molecule is COCCN1C[C@@H]2c3nc(N(C)C)ncc3CS(=O)(=O)[C@@H]2C1.O=C(O)C(F)(F)F. The molecule has 29 heavy (non-hydrogen) atoms. The fourth-order valence-electron chi connectivity index (χ4n) is 3.26. The minimum absolute atomic E-state index is 0.0509. The lowest BCUT2D eigenvalue weighted by molar-refractivity contribution is -0.192. The van der Waals surface area contributed by atoms with E-state index in [1.807, 2.05) is 19.0 Å². The van der Waals surface area contributed by atoms with Gasteiger partial charge in [-0.2, -0.15) is 13.2 Å². The van der Waals surface area contributed by atoms with Crippen LogP contribution in [0.1, 0.15) is 17.2 Å². The first-order valence-electron chi connectivity index (χ1n) is 8.63. The van der Waals surface area contributed by atoms with Crippen LogP contribution in [0.5, 0.6) is 0 Å². The number of hydrogen-bond donors (Lipinski definition) is 1. The van der Waals surface area contributed by atoms with Crippen molar-refractivity contribution < 1.29 is 36.2 Å². The first-order chi connectivity index (χ1) is 13.4. The molecule has 1 N–H and O–H groups in total. The normalized spacial score (nSPS) is 22.8. The van der Waals surface area contributed by atoms with Crippen molar-refractivity contribution in [3.63, 3.8) is 0 Å². The second kappa shape index (κ2) is 8.79. The summed E-state index contributed by atoms with van der Waals surface area (Å²) in [5.41, 5.74) is 1.65. The third-order valence-electron chi connectivity index (χ3n) is 4.65. The molecule has 0 spiro atoms. The van der Waals surface area contributed by atoms with E-state index in [0.29, 0.717) is 25.6 Å². The second-order valence-electron chi connectivity index (χ2n) is 6.98. The van der Waals surface area contributed by atoms with Gasteiger partial charge in [-0.3, -0.25) is 4.90 Å². The minimum Gasteiger partial charge on any atom is -0.475 e. The first-order valence-corrected chi connectivity index (χ1v) is 10.3. The maximum absolute atomic E-state index is 12.5. The summed E-state index contributed by atoms with van der Waals surface area (Å²) in [6.45, 7) is 2.64. The highest BCUT2D eigenvalue weighted by Crippen LogP contribution is 2.39. The molecule has 0 unspecified atom stereocenters. The molecule has 0 radical (unpaired) electrons. The topological polar surface area (TPSA) is 113 Å². The largest absolute Gasteiger partial charge is 0.490 e. The molecule has 1 aromatic heterocycles. The van der Waals surface area contributed by atoms with E-state index in [1.54, 1.807) is 13.3 Å². The number of ether oxygens (including phenoxy) is 1. The maximum atomic E-state index is 12.5. The van der Waals surface area contributed by atoms with Crippen molar-refractivity contribution in [3.8, 4) is 0 Å². The minimum atomic E-state index is -5.08. The van der Waals surface area contributed by atoms with Crippen molar-refractivity contribution in [2.75, 3.05) is 52.3 Å². The number of carboxylic acid groups (broad SMARTS) is 1. The summed E-state index contributed by atoms with van der Waals surface area (Å²) in [6.07, 6.45) is -3.41. The number of methoxy groups -OCH3 is 1. The molecule has 3 heterocycles. The molecule has 0 bridgehead atoms. The summed E-state index contributed by atoms with van der Waals surface area (Å²) in [5.74, 6) is -2.14. The van der Waals surface area contributed by atoms with Gasteiger partial charge in [-0.15, -0.1) is 0 Å².